The summed E-state index contributed by atoms with van der Waals surface area (Å²) in [4.78, 5) is 14.2. The Hall–Kier alpha value is -1.35. The smallest absolute Gasteiger partial charge is 0.176 e. The van der Waals surface area contributed by atoms with Crippen LogP contribution in [-0.2, 0) is 0 Å². The van der Waals surface area contributed by atoms with Crippen molar-refractivity contribution < 1.29 is 9.90 Å². The Bertz CT molecular complexity index is 359. The molecule has 0 aliphatic carbocycles. The average Bonchev–Trinajstić information content (AvgIpc) is 2.35. The molecule has 1 rings (SSSR count). The molecule has 0 spiro atoms. The van der Waals surface area contributed by atoms with E-state index in [0.717, 1.165) is 13.0 Å². The van der Waals surface area contributed by atoms with E-state index in [4.69, 9.17) is 0 Å². The van der Waals surface area contributed by atoms with Crippen LogP contribution in [0.1, 0.15) is 37.6 Å². The fraction of sp³-hybridized carbons (Fsp3) is 0.500. The van der Waals surface area contributed by atoms with Crippen molar-refractivity contribution in [3.63, 3.8) is 0 Å². The van der Waals surface area contributed by atoms with Gasteiger partial charge < -0.3 is 5.11 Å². The highest BCUT2D eigenvalue weighted by atomic mass is 16.3. The molecule has 0 fully saturated rings. The molecule has 0 amide bonds. The van der Waals surface area contributed by atoms with Gasteiger partial charge in [0.05, 0.1) is 6.54 Å². The third-order valence-corrected chi connectivity index (χ3v) is 3.16. The molecule has 0 saturated carbocycles. The fourth-order valence-corrected chi connectivity index (χ4v) is 1.76. The van der Waals surface area contributed by atoms with Gasteiger partial charge in [-0.3, -0.25) is 9.69 Å². The van der Waals surface area contributed by atoms with E-state index in [1.165, 1.54) is 0 Å². The molecule has 0 aliphatic heterocycles. The molecule has 3 nitrogen and oxygen atoms in total. The number of likely N-dealkylation sites (N-methyl/N-ethyl adjacent to an activating group) is 1. The van der Waals surface area contributed by atoms with Gasteiger partial charge in [-0.1, -0.05) is 13.8 Å². The van der Waals surface area contributed by atoms with Crippen LogP contribution in [0, 0.1) is 0 Å². The lowest BCUT2D eigenvalue weighted by atomic mass is 10.1. The number of aromatic hydroxyl groups is 1. The predicted octanol–water partition coefficient (Wildman–Crippen LogP) is 2.70. The van der Waals surface area contributed by atoms with Crippen LogP contribution in [0.3, 0.4) is 0 Å². The number of ketones is 1. The highest BCUT2D eigenvalue weighted by molar-refractivity contribution is 5.97. The molecule has 17 heavy (non-hydrogen) atoms. The third-order valence-electron chi connectivity index (χ3n) is 3.16. The van der Waals surface area contributed by atoms with Crippen LogP contribution in [0.5, 0.6) is 5.75 Å². The van der Waals surface area contributed by atoms with Gasteiger partial charge in [0.1, 0.15) is 5.75 Å². The molecule has 1 aromatic rings. The minimum absolute atomic E-state index is 0.104. The van der Waals surface area contributed by atoms with E-state index in [1.807, 2.05) is 0 Å². The second kappa shape index (κ2) is 6.40. The Morgan fingerprint density at radius 2 is 1.88 bits per heavy atom. The molecule has 1 unspecified atom stereocenters. The van der Waals surface area contributed by atoms with Crippen LogP contribution in [0.4, 0.5) is 0 Å². The summed E-state index contributed by atoms with van der Waals surface area (Å²) in [6.45, 7) is 7.64. The summed E-state index contributed by atoms with van der Waals surface area (Å²) in [5.74, 6) is 0.294. The normalized spacial score (nSPS) is 12.7. The van der Waals surface area contributed by atoms with Gasteiger partial charge in [-0.2, -0.15) is 0 Å². The Kier molecular flexibility index (Phi) is 5.16. The summed E-state index contributed by atoms with van der Waals surface area (Å²) in [5.41, 5.74) is 0.657. The molecular formula is C14H21NO2. The van der Waals surface area contributed by atoms with Gasteiger partial charge in [0.15, 0.2) is 5.78 Å². The maximum atomic E-state index is 12.0. The monoisotopic (exact) mass is 235 g/mol. The van der Waals surface area contributed by atoms with Crippen molar-refractivity contribution in [3.8, 4) is 5.75 Å². The van der Waals surface area contributed by atoms with Gasteiger partial charge in [0, 0.05) is 11.6 Å². The lowest BCUT2D eigenvalue weighted by Crippen LogP contribution is -2.36. The van der Waals surface area contributed by atoms with E-state index in [-0.39, 0.29) is 11.5 Å². The standard InChI is InChI=1S/C14H21NO2/c1-4-11(3)15(5-2)10-14(17)12-6-8-13(16)9-7-12/h6-9,11,16H,4-5,10H2,1-3H3. The first-order valence-electron chi connectivity index (χ1n) is 6.14. The average molecular weight is 235 g/mol. The quantitative estimate of drug-likeness (QED) is 0.771. The van der Waals surface area contributed by atoms with Gasteiger partial charge in [-0.25, -0.2) is 0 Å². The number of phenolic OH excluding ortho intramolecular Hbond substituents is 1. The number of hydrogen-bond donors (Lipinski definition) is 1. The van der Waals surface area contributed by atoms with E-state index in [9.17, 15) is 9.90 Å². The number of hydrogen-bond acceptors (Lipinski definition) is 3. The Morgan fingerprint density at radius 3 is 2.35 bits per heavy atom. The zero-order valence-corrected chi connectivity index (χ0v) is 10.8. The summed E-state index contributed by atoms with van der Waals surface area (Å²) in [7, 11) is 0. The lowest BCUT2D eigenvalue weighted by molar-refractivity contribution is 0.0902. The second-order valence-electron chi connectivity index (χ2n) is 4.29. The van der Waals surface area contributed by atoms with Crippen molar-refractivity contribution in [2.45, 2.75) is 33.2 Å². The van der Waals surface area contributed by atoms with Crippen molar-refractivity contribution in [1.82, 2.24) is 4.90 Å². The highest BCUT2D eigenvalue weighted by Gasteiger charge is 2.15. The third kappa shape index (κ3) is 3.86. The molecule has 1 atom stereocenters. The van der Waals surface area contributed by atoms with Crippen LogP contribution in [0.2, 0.25) is 0 Å². The van der Waals surface area contributed by atoms with E-state index >= 15 is 0 Å². The Labute approximate surface area is 103 Å². The SMILES string of the molecule is CCC(C)N(CC)CC(=O)c1ccc(O)cc1. The summed E-state index contributed by atoms with van der Waals surface area (Å²) in [6, 6.07) is 6.85. The molecule has 0 aromatic heterocycles. The molecule has 0 aliphatic rings. The Balaban J connectivity index is 2.67. The first kappa shape index (κ1) is 13.7. The molecule has 0 bridgehead atoms. The van der Waals surface area contributed by atoms with Gasteiger partial charge in [-0.15, -0.1) is 0 Å². The number of nitrogens with zero attached hydrogens (tertiary/aromatic N) is 1. The van der Waals surface area contributed by atoms with Crippen molar-refractivity contribution in [1.29, 1.82) is 0 Å². The van der Waals surface area contributed by atoms with E-state index in [1.54, 1.807) is 24.3 Å². The van der Waals surface area contributed by atoms with Gasteiger partial charge in [0.2, 0.25) is 0 Å². The zero-order valence-electron chi connectivity index (χ0n) is 10.8. The molecule has 1 aromatic carbocycles. The predicted molar refractivity (Wildman–Crippen MR) is 69.4 cm³/mol. The first-order chi connectivity index (χ1) is 8.08. The number of Topliss-reactive ketones (excluding diaryl/α,β-unsaturated/α-hetero) is 1. The summed E-state index contributed by atoms with van der Waals surface area (Å²) in [6.07, 6.45) is 1.04. The first-order valence-corrected chi connectivity index (χ1v) is 6.14. The number of phenols is 1. The van der Waals surface area contributed by atoms with Crippen LogP contribution in [-0.4, -0.2) is 34.9 Å². The van der Waals surface area contributed by atoms with Gasteiger partial charge in [-0.05, 0) is 44.2 Å². The zero-order chi connectivity index (χ0) is 12.8. The van der Waals surface area contributed by atoms with Crippen molar-refractivity contribution in [3.05, 3.63) is 29.8 Å². The van der Waals surface area contributed by atoms with Gasteiger partial charge >= 0.3 is 0 Å². The van der Waals surface area contributed by atoms with E-state index < -0.39 is 0 Å². The summed E-state index contributed by atoms with van der Waals surface area (Å²) >= 11 is 0. The summed E-state index contributed by atoms with van der Waals surface area (Å²) in [5, 5.41) is 9.17. The minimum Gasteiger partial charge on any atom is -0.508 e. The van der Waals surface area contributed by atoms with Crippen LogP contribution in [0.25, 0.3) is 0 Å². The maximum absolute atomic E-state index is 12.0. The summed E-state index contributed by atoms with van der Waals surface area (Å²) < 4.78 is 0. The highest BCUT2D eigenvalue weighted by Crippen LogP contribution is 2.11. The minimum atomic E-state index is 0.104. The number of rotatable bonds is 6. The number of benzene rings is 1. The molecule has 0 heterocycles. The lowest BCUT2D eigenvalue weighted by Gasteiger charge is -2.26. The molecule has 94 valence electrons. The van der Waals surface area contributed by atoms with Crippen LogP contribution < -0.4 is 0 Å². The van der Waals surface area contributed by atoms with Crippen molar-refractivity contribution in [2.24, 2.45) is 0 Å². The largest absolute Gasteiger partial charge is 0.508 e. The van der Waals surface area contributed by atoms with Crippen LogP contribution in [0.15, 0.2) is 24.3 Å². The molecule has 1 N–H and O–H groups in total. The molecule has 0 radical (unpaired) electrons. The number of carbonyl (C=O) groups is 1. The number of carbonyl (C=O) groups excluding carboxylic acids is 1. The van der Waals surface area contributed by atoms with Crippen molar-refractivity contribution in [2.75, 3.05) is 13.1 Å². The molecular weight excluding hydrogens is 214 g/mol. The van der Waals surface area contributed by atoms with Crippen molar-refractivity contribution >= 4 is 5.78 Å². The Morgan fingerprint density at radius 1 is 1.29 bits per heavy atom. The molecule has 0 saturated heterocycles. The fourth-order valence-electron chi connectivity index (χ4n) is 1.76. The second-order valence-corrected chi connectivity index (χ2v) is 4.29. The molecule has 3 heteroatoms. The topological polar surface area (TPSA) is 40.5 Å². The van der Waals surface area contributed by atoms with E-state index in [0.29, 0.717) is 18.2 Å². The van der Waals surface area contributed by atoms with Crippen LogP contribution >= 0.6 is 0 Å². The maximum Gasteiger partial charge on any atom is 0.176 e. The van der Waals surface area contributed by atoms with Gasteiger partial charge in [0.25, 0.3) is 0 Å². The van der Waals surface area contributed by atoms with E-state index in [2.05, 4.69) is 25.7 Å².